The van der Waals surface area contributed by atoms with Gasteiger partial charge in [0.2, 0.25) is 5.13 Å². The van der Waals surface area contributed by atoms with Crippen molar-refractivity contribution in [2.24, 2.45) is 15.3 Å². The van der Waals surface area contributed by atoms with Crippen LogP contribution in [0.3, 0.4) is 0 Å². The van der Waals surface area contributed by atoms with Crippen LogP contribution in [0.1, 0.15) is 6.92 Å². The van der Waals surface area contributed by atoms with E-state index < -0.39 is 6.04 Å². The smallest absolute Gasteiger partial charge is 0.282 e. The van der Waals surface area contributed by atoms with E-state index in [1.165, 1.54) is 22.4 Å². The van der Waals surface area contributed by atoms with E-state index in [2.05, 4.69) is 36.2 Å². The van der Waals surface area contributed by atoms with Crippen molar-refractivity contribution >= 4 is 49.7 Å². The van der Waals surface area contributed by atoms with Gasteiger partial charge < -0.3 is 5.11 Å². The Kier molecular flexibility index (Phi) is 5.01. The molecule has 0 fully saturated rings. The number of carbonyl (C=O) groups is 1. The normalized spacial score (nSPS) is 16.8. The first-order chi connectivity index (χ1) is 13.5. The maximum absolute atomic E-state index is 12.8. The number of aromatic hydroxyl groups is 1. The molecule has 0 saturated heterocycles. The van der Waals surface area contributed by atoms with Crippen molar-refractivity contribution in [3.63, 3.8) is 0 Å². The van der Waals surface area contributed by atoms with E-state index >= 15 is 0 Å². The second kappa shape index (κ2) is 7.61. The fourth-order valence-corrected chi connectivity index (χ4v) is 3.67. The van der Waals surface area contributed by atoms with Crippen LogP contribution in [0.2, 0.25) is 0 Å². The van der Waals surface area contributed by atoms with Crippen LogP contribution in [0.25, 0.3) is 11.3 Å². The number of aromatic nitrogens is 1. The number of phenolic OH excluding ortho intramolecular Hbond substituents is 1. The molecule has 1 aliphatic rings. The summed E-state index contributed by atoms with van der Waals surface area (Å²) in [6.45, 7) is 1.73. The second-order valence-corrected chi connectivity index (χ2v) is 7.80. The van der Waals surface area contributed by atoms with Gasteiger partial charge in [-0.1, -0.05) is 34.1 Å². The Bertz CT molecular complexity index is 1090. The van der Waals surface area contributed by atoms with Gasteiger partial charge in [-0.25, -0.2) is 4.98 Å². The SMILES string of the molecule is CC1=NN(c2nc(-c3ccc(Br)cc3)cs2)C(=O)C1N=Nc1cccc(O)c1. The van der Waals surface area contributed by atoms with Gasteiger partial charge in [0.1, 0.15) is 5.75 Å². The standard InChI is InChI=1S/C19H14BrN5O2S/c1-11-17(23-22-14-3-2-4-15(26)9-14)18(27)25(24-11)19-21-16(10-28-19)12-5-7-13(20)8-6-12/h2-10,17,26H,1H3. The monoisotopic (exact) mass is 455 g/mol. The van der Waals surface area contributed by atoms with Crippen LogP contribution >= 0.6 is 27.3 Å². The summed E-state index contributed by atoms with van der Waals surface area (Å²) in [4.78, 5) is 17.3. The Labute approximate surface area is 173 Å². The van der Waals surface area contributed by atoms with Crippen LogP contribution in [-0.2, 0) is 4.79 Å². The van der Waals surface area contributed by atoms with Crippen LogP contribution in [0, 0.1) is 0 Å². The summed E-state index contributed by atoms with van der Waals surface area (Å²) in [6, 6.07) is 13.3. The Morgan fingerprint density at radius 1 is 1.21 bits per heavy atom. The molecule has 2 aromatic carbocycles. The number of anilines is 1. The van der Waals surface area contributed by atoms with Gasteiger partial charge in [0.05, 0.1) is 17.1 Å². The van der Waals surface area contributed by atoms with Crippen LogP contribution < -0.4 is 5.01 Å². The molecule has 0 saturated carbocycles. The lowest BCUT2D eigenvalue weighted by molar-refractivity contribution is -0.117. The highest BCUT2D eigenvalue weighted by Gasteiger charge is 2.36. The predicted octanol–water partition coefficient (Wildman–Crippen LogP) is 5.15. The van der Waals surface area contributed by atoms with Crippen molar-refractivity contribution in [1.29, 1.82) is 0 Å². The molecule has 0 radical (unpaired) electrons. The average molecular weight is 456 g/mol. The molecule has 0 aliphatic carbocycles. The maximum atomic E-state index is 12.8. The summed E-state index contributed by atoms with van der Waals surface area (Å²) in [5.41, 5.74) is 2.73. The number of amides is 1. The number of phenols is 1. The first-order valence-corrected chi connectivity index (χ1v) is 9.99. The molecule has 9 heteroatoms. The van der Waals surface area contributed by atoms with E-state index in [4.69, 9.17) is 0 Å². The van der Waals surface area contributed by atoms with Gasteiger partial charge in [0.15, 0.2) is 6.04 Å². The Balaban J connectivity index is 1.54. The molecule has 2 heterocycles. The van der Waals surface area contributed by atoms with E-state index in [0.717, 1.165) is 15.7 Å². The minimum absolute atomic E-state index is 0.0875. The Morgan fingerprint density at radius 2 is 2.00 bits per heavy atom. The molecule has 1 atom stereocenters. The summed E-state index contributed by atoms with van der Waals surface area (Å²) in [5.74, 6) is -0.220. The number of hydrazone groups is 1. The highest BCUT2D eigenvalue weighted by molar-refractivity contribution is 9.10. The van der Waals surface area contributed by atoms with Crippen LogP contribution in [0.15, 0.2) is 73.7 Å². The second-order valence-electron chi connectivity index (χ2n) is 6.05. The number of rotatable bonds is 4. The molecule has 1 aliphatic heterocycles. The van der Waals surface area contributed by atoms with Gasteiger partial charge in [-0.15, -0.1) is 11.3 Å². The zero-order valence-corrected chi connectivity index (χ0v) is 17.1. The summed E-state index contributed by atoms with van der Waals surface area (Å²) < 4.78 is 0.988. The number of carbonyl (C=O) groups excluding carboxylic acids is 1. The molecule has 0 bridgehead atoms. The molecule has 7 nitrogen and oxygen atoms in total. The van der Waals surface area contributed by atoms with Gasteiger partial charge in [-0.2, -0.15) is 20.3 Å². The van der Waals surface area contributed by atoms with Crippen molar-refractivity contribution in [1.82, 2.24) is 4.98 Å². The van der Waals surface area contributed by atoms with Gasteiger partial charge in [0, 0.05) is 21.5 Å². The lowest BCUT2D eigenvalue weighted by Crippen LogP contribution is -2.29. The van der Waals surface area contributed by atoms with Crippen molar-refractivity contribution in [2.45, 2.75) is 13.0 Å². The van der Waals surface area contributed by atoms with E-state index in [9.17, 15) is 9.90 Å². The molecule has 4 rings (SSSR count). The molecule has 3 aromatic rings. The van der Waals surface area contributed by atoms with Crippen LogP contribution in [0.4, 0.5) is 10.8 Å². The van der Waals surface area contributed by atoms with E-state index in [1.807, 2.05) is 29.6 Å². The van der Waals surface area contributed by atoms with Gasteiger partial charge >= 0.3 is 0 Å². The van der Waals surface area contributed by atoms with E-state index in [0.29, 0.717) is 16.5 Å². The molecular weight excluding hydrogens is 442 g/mol. The molecule has 1 aromatic heterocycles. The first kappa shape index (κ1) is 18.5. The molecule has 140 valence electrons. The van der Waals surface area contributed by atoms with Gasteiger partial charge in [0.25, 0.3) is 5.91 Å². The fraction of sp³-hybridized carbons (Fsp3) is 0.105. The van der Waals surface area contributed by atoms with Gasteiger partial charge in [-0.05, 0) is 31.2 Å². The third-order valence-corrected chi connectivity index (χ3v) is 5.37. The van der Waals surface area contributed by atoms with Crippen molar-refractivity contribution in [2.75, 3.05) is 5.01 Å². The third-order valence-electron chi connectivity index (χ3n) is 4.03. The van der Waals surface area contributed by atoms with Crippen LogP contribution in [0.5, 0.6) is 5.75 Å². The van der Waals surface area contributed by atoms with Gasteiger partial charge in [-0.3, -0.25) is 4.79 Å². The number of hydrogen-bond acceptors (Lipinski definition) is 7. The molecule has 0 spiro atoms. The summed E-state index contributed by atoms with van der Waals surface area (Å²) in [5, 5.41) is 25.6. The van der Waals surface area contributed by atoms with E-state index in [1.54, 1.807) is 25.1 Å². The zero-order valence-electron chi connectivity index (χ0n) is 14.7. The number of hydrogen-bond donors (Lipinski definition) is 1. The highest BCUT2D eigenvalue weighted by Crippen LogP contribution is 2.31. The fourth-order valence-electron chi connectivity index (χ4n) is 2.62. The number of nitrogens with zero attached hydrogens (tertiary/aromatic N) is 5. The summed E-state index contributed by atoms with van der Waals surface area (Å²) in [7, 11) is 0. The lowest BCUT2D eigenvalue weighted by Gasteiger charge is -2.08. The minimum Gasteiger partial charge on any atom is -0.508 e. The largest absolute Gasteiger partial charge is 0.508 e. The molecule has 1 amide bonds. The first-order valence-electron chi connectivity index (χ1n) is 8.32. The van der Waals surface area contributed by atoms with Crippen molar-refractivity contribution < 1.29 is 9.90 Å². The van der Waals surface area contributed by atoms with E-state index in [-0.39, 0.29) is 11.7 Å². The molecular formula is C19H14BrN5O2S. The minimum atomic E-state index is -0.803. The molecule has 1 unspecified atom stereocenters. The number of azo groups is 1. The number of benzene rings is 2. The molecule has 28 heavy (non-hydrogen) atoms. The number of thiazole rings is 1. The highest BCUT2D eigenvalue weighted by atomic mass is 79.9. The molecule has 1 N–H and O–H groups in total. The quantitative estimate of drug-likeness (QED) is 0.551. The average Bonchev–Trinajstić information content (AvgIpc) is 3.26. The Morgan fingerprint density at radius 3 is 2.75 bits per heavy atom. The maximum Gasteiger partial charge on any atom is 0.282 e. The van der Waals surface area contributed by atoms with Crippen molar-refractivity contribution in [3.05, 3.63) is 58.4 Å². The summed E-state index contributed by atoms with van der Waals surface area (Å²) >= 11 is 4.75. The third kappa shape index (κ3) is 3.71. The number of halogens is 1. The topological polar surface area (TPSA) is 90.5 Å². The van der Waals surface area contributed by atoms with Crippen molar-refractivity contribution in [3.8, 4) is 17.0 Å². The Hall–Kier alpha value is -2.91. The summed E-state index contributed by atoms with van der Waals surface area (Å²) in [6.07, 6.45) is 0. The van der Waals surface area contributed by atoms with Crippen LogP contribution in [-0.4, -0.2) is 27.8 Å². The zero-order chi connectivity index (χ0) is 19.7. The lowest BCUT2D eigenvalue weighted by atomic mass is 10.2. The predicted molar refractivity (Wildman–Crippen MR) is 112 cm³/mol.